The SMILES string of the molecule is Cc1cc(NC(C)C2CCCCC2)nc(Cl)n1. The van der Waals surface area contributed by atoms with E-state index in [0.29, 0.717) is 11.3 Å². The predicted molar refractivity (Wildman–Crippen MR) is 71.4 cm³/mol. The maximum absolute atomic E-state index is 5.86. The third-order valence-corrected chi connectivity index (χ3v) is 3.73. The smallest absolute Gasteiger partial charge is 0.224 e. The maximum Gasteiger partial charge on any atom is 0.224 e. The van der Waals surface area contributed by atoms with Gasteiger partial charge in [0, 0.05) is 17.8 Å². The average Bonchev–Trinajstić information content (AvgIpc) is 2.28. The summed E-state index contributed by atoms with van der Waals surface area (Å²) in [4.78, 5) is 8.28. The molecule has 0 aromatic carbocycles. The van der Waals surface area contributed by atoms with E-state index in [0.717, 1.165) is 17.4 Å². The molecule has 1 heterocycles. The van der Waals surface area contributed by atoms with E-state index >= 15 is 0 Å². The van der Waals surface area contributed by atoms with Crippen LogP contribution in [0.15, 0.2) is 6.07 Å². The van der Waals surface area contributed by atoms with Gasteiger partial charge in [0.25, 0.3) is 0 Å². The molecule has 1 aliphatic rings. The van der Waals surface area contributed by atoms with Crippen LogP contribution in [0.1, 0.15) is 44.7 Å². The third kappa shape index (κ3) is 3.56. The molecule has 17 heavy (non-hydrogen) atoms. The minimum absolute atomic E-state index is 0.323. The van der Waals surface area contributed by atoms with E-state index in [1.807, 2.05) is 13.0 Å². The van der Waals surface area contributed by atoms with Crippen LogP contribution >= 0.6 is 11.6 Å². The molecule has 3 nitrogen and oxygen atoms in total. The van der Waals surface area contributed by atoms with E-state index in [1.54, 1.807) is 0 Å². The molecule has 0 radical (unpaired) electrons. The first-order valence-electron chi connectivity index (χ1n) is 6.43. The number of hydrogen-bond acceptors (Lipinski definition) is 3. The molecule has 4 heteroatoms. The van der Waals surface area contributed by atoms with Crippen molar-refractivity contribution >= 4 is 17.4 Å². The number of hydrogen-bond donors (Lipinski definition) is 1. The fourth-order valence-corrected chi connectivity index (χ4v) is 2.82. The lowest BCUT2D eigenvalue weighted by molar-refractivity contribution is 0.328. The van der Waals surface area contributed by atoms with E-state index < -0.39 is 0 Å². The molecule has 1 aliphatic carbocycles. The predicted octanol–water partition coefficient (Wildman–Crippen LogP) is 3.82. The molecule has 94 valence electrons. The van der Waals surface area contributed by atoms with Crippen LogP contribution in [0.2, 0.25) is 5.28 Å². The van der Waals surface area contributed by atoms with Crippen molar-refractivity contribution in [3.63, 3.8) is 0 Å². The minimum Gasteiger partial charge on any atom is -0.367 e. The second kappa shape index (κ2) is 5.67. The van der Waals surface area contributed by atoms with Crippen molar-refractivity contribution in [2.75, 3.05) is 5.32 Å². The Bertz CT molecular complexity index is 355. The number of aryl methyl sites for hydroxylation is 1. The summed E-state index contributed by atoms with van der Waals surface area (Å²) in [5.74, 6) is 1.61. The van der Waals surface area contributed by atoms with Gasteiger partial charge < -0.3 is 5.32 Å². The Morgan fingerprint density at radius 1 is 1.29 bits per heavy atom. The van der Waals surface area contributed by atoms with Crippen LogP contribution in [0.25, 0.3) is 0 Å². The monoisotopic (exact) mass is 253 g/mol. The Hall–Kier alpha value is -0.830. The van der Waals surface area contributed by atoms with Crippen LogP contribution in [-0.2, 0) is 0 Å². The van der Waals surface area contributed by atoms with Crippen molar-refractivity contribution in [1.82, 2.24) is 9.97 Å². The van der Waals surface area contributed by atoms with Crippen molar-refractivity contribution in [3.05, 3.63) is 17.0 Å². The minimum atomic E-state index is 0.323. The van der Waals surface area contributed by atoms with Gasteiger partial charge in [-0.25, -0.2) is 9.97 Å². The molecule has 0 bridgehead atoms. The van der Waals surface area contributed by atoms with Crippen LogP contribution < -0.4 is 5.32 Å². The van der Waals surface area contributed by atoms with Gasteiger partial charge in [-0.2, -0.15) is 0 Å². The zero-order chi connectivity index (χ0) is 12.3. The Morgan fingerprint density at radius 3 is 2.65 bits per heavy atom. The van der Waals surface area contributed by atoms with E-state index in [2.05, 4.69) is 22.2 Å². The topological polar surface area (TPSA) is 37.8 Å². The highest BCUT2D eigenvalue weighted by Gasteiger charge is 2.20. The molecule has 1 fully saturated rings. The zero-order valence-electron chi connectivity index (χ0n) is 10.5. The Labute approximate surface area is 108 Å². The van der Waals surface area contributed by atoms with Crippen molar-refractivity contribution in [1.29, 1.82) is 0 Å². The quantitative estimate of drug-likeness (QED) is 0.833. The Morgan fingerprint density at radius 2 is 2.00 bits per heavy atom. The molecule has 0 aliphatic heterocycles. The number of anilines is 1. The molecule has 1 unspecified atom stereocenters. The zero-order valence-corrected chi connectivity index (χ0v) is 11.3. The van der Waals surface area contributed by atoms with Crippen LogP contribution in [0, 0.1) is 12.8 Å². The van der Waals surface area contributed by atoms with Gasteiger partial charge in [0.1, 0.15) is 5.82 Å². The summed E-state index contributed by atoms with van der Waals surface area (Å²) in [7, 11) is 0. The van der Waals surface area contributed by atoms with Gasteiger partial charge in [0.05, 0.1) is 0 Å². The second-order valence-electron chi connectivity index (χ2n) is 4.99. The number of nitrogens with zero attached hydrogens (tertiary/aromatic N) is 2. The van der Waals surface area contributed by atoms with Crippen molar-refractivity contribution < 1.29 is 0 Å². The molecule has 0 saturated heterocycles. The van der Waals surface area contributed by atoms with Crippen LogP contribution in [0.3, 0.4) is 0 Å². The average molecular weight is 254 g/mol. The molecule has 1 N–H and O–H groups in total. The molecular formula is C13H20ClN3. The van der Waals surface area contributed by atoms with Gasteiger partial charge in [-0.15, -0.1) is 0 Å². The first-order chi connectivity index (χ1) is 8.15. The standard InChI is InChI=1S/C13H20ClN3/c1-9-8-12(17-13(14)15-9)16-10(2)11-6-4-3-5-7-11/h8,10-11H,3-7H2,1-2H3,(H,15,16,17). The highest BCUT2D eigenvalue weighted by molar-refractivity contribution is 6.28. The fraction of sp³-hybridized carbons (Fsp3) is 0.692. The van der Waals surface area contributed by atoms with Crippen LogP contribution in [0.5, 0.6) is 0 Å². The van der Waals surface area contributed by atoms with E-state index in [-0.39, 0.29) is 0 Å². The largest absolute Gasteiger partial charge is 0.367 e. The number of nitrogens with one attached hydrogen (secondary N) is 1. The Kier molecular flexibility index (Phi) is 4.21. The molecule has 1 aromatic heterocycles. The summed E-state index contributed by atoms with van der Waals surface area (Å²) in [6.45, 7) is 4.17. The summed E-state index contributed by atoms with van der Waals surface area (Å²) in [5, 5.41) is 3.78. The molecular weight excluding hydrogens is 234 g/mol. The molecule has 1 aromatic rings. The van der Waals surface area contributed by atoms with Crippen LogP contribution in [-0.4, -0.2) is 16.0 Å². The molecule has 2 rings (SSSR count). The molecule has 0 amide bonds. The molecule has 1 saturated carbocycles. The maximum atomic E-state index is 5.86. The molecule has 0 spiro atoms. The van der Waals surface area contributed by atoms with E-state index in [1.165, 1.54) is 32.1 Å². The highest BCUT2D eigenvalue weighted by atomic mass is 35.5. The normalized spacial score (nSPS) is 19.0. The lowest BCUT2D eigenvalue weighted by Gasteiger charge is -2.28. The summed E-state index contributed by atoms with van der Waals surface area (Å²) in [6.07, 6.45) is 6.76. The Balaban J connectivity index is 1.99. The second-order valence-corrected chi connectivity index (χ2v) is 5.33. The van der Waals surface area contributed by atoms with Crippen molar-refractivity contribution in [2.45, 2.75) is 52.0 Å². The van der Waals surface area contributed by atoms with E-state index in [4.69, 9.17) is 11.6 Å². The first-order valence-corrected chi connectivity index (χ1v) is 6.80. The van der Waals surface area contributed by atoms with Gasteiger partial charge in [-0.05, 0) is 44.2 Å². The number of halogens is 1. The van der Waals surface area contributed by atoms with Crippen LogP contribution in [0.4, 0.5) is 5.82 Å². The van der Waals surface area contributed by atoms with Crippen molar-refractivity contribution in [3.8, 4) is 0 Å². The van der Waals surface area contributed by atoms with E-state index in [9.17, 15) is 0 Å². The van der Waals surface area contributed by atoms with Crippen molar-refractivity contribution in [2.24, 2.45) is 5.92 Å². The van der Waals surface area contributed by atoms with Gasteiger partial charge in [-0.1, -0.05) is 19.3 Å². The fourth-order valence-electron chi connectivity index (χ4n) is 2.59. The highest BCUT2D eigenvalue weighted by Crippen LogP contribution is 2.27. The number of rotatable bonds is 3. The number of aromatic nitrogens is 2. The lowest BCUT2D eigenvalue weighted by Crippen LogP contribution is -2.28. The first kappa shape index (κ1) is 12.6. The van der Waals surface area contributed by atoms with Gasteiger partial charge in [-0.3, -0.25) is 0 Å². The van der Waals surface area contributed by atoms with Gasteiger partial charge >= 0.3 is 0 Å². The summed E-state index contributed by atoms with van der Waals surface area (Å²) in [5.41, 5.74) is 0.906. The molecule has 1 atom stereocenters. The summed E-state index contributed by atoms with van der Waals surface area (Å²) >= 11 is 5.86. The summed E-state index contributed by atoms with van der Waals surface area (Å²) in [6, 6.07) is 2.41. The lowest BCUT2D eigenvalue weighted by atomic mass is 9.84. The third-order valence-electron chi connectivity index (χ3n) is 3.56. The van der Waals surface area contributed by atoms with Gasteiger partial charge in [0.15, 0.2) is 0 Å². The van der Waals surface area contributed by atoms with Gasteiger partial charge in [0.2, 0.25) is 5.28 Å². The summed E-state index contributed by atoms with van der Waals surface area (Å²) < 4.78 is 0.